The van der Waals surface area contributed by atoms with E-state index in [0.29, 0.717) is 5.92 Å². The Hall–Kier alpha value is -1.35. The van der Waals surface area contributed by atoms with Gasteiger partial charge in [0.1, 0.15) is 0 Å². The summed E-state index contributed by atoms with van der Waals surface area (Å²) in [4.78, 5) is 17.8. The number of aryl methyl sites for hydroxylation is 2. The lowest BCUT2D eigenvalue weighted by Gasteiger charge is -2.38. The van der Waals surface area contributed by atoms with Gasteiger partial charge in [-0.1, -0.05) is 25.1 Å². The maximum atomic E-state index is 13.0. The number of benzene rings is 1. The smallest absolute Gasteiger partial charge is 0.254 e. The maximum Gasteiger partial charge on any atom is 0.254 e. The Bertz CT molecular complexity index is 555. The predicted molar refractivity (Wildman–Crippen MR) is 99.4 cm³/mol. The number of nitrogens with zero attached hydrogens (tertiary/aromatic N) is 2. The van der Waals surface area contributed by atoms with Crippen LogP contribution >= 0.6 is 0 Å². The van der Waals surface area contributed by atoms with Crippen molar-refractivity contribution < 1.29 is 4.79 Å². The van der Waals surface area contributed by atoms with E-state index >= 15 is 0 Å². The molecule has 2 heterocycles. The number of hydrogen-bond acceptors (Lipinski definition) is 2. The number of carbonyl (C=O) groups is 1. The van der Waals surface area contributed by atoms with E-state index in [2.05, 4.69) is 42.7 Å². The van der Waals surface area contributed by atoms with Gasteiger partial charge in [0.2, 0.25) is 0 Å². The molecular formula is C21H32N2O. The van der Waals surface area contributed by atoms with Crippen molar-refractivity contribution in [2.45, 2.75) is 46.5 Å². The van der Waals surface area contributed by atoms with Gasteiger partial charge < -0.3 is 9.80 Å². The van der Waals surface area contributed by atoms with E-state index in [4.69, 9.17) is 0 Å². The van der Waals surface area contributed by atoms with Gasteiger partial charge >= 0.3 is 0 Å². The molecule has 0 saturated carbocycles. The van der Waals surface area contributed by atoms with E-state index in [-0.39, 0.29) is 5.91 Å². The Morgan fingerprint density at radius 3 is 2.42 bits per heavy atom. The van der Waals surface area contributed by atoms with Gasteiger partial charge in [0.05, 0.1) is 0 Å². The summed E-state index contributed by atoms with van der Waals surface area (Å²) in [5, 5.41) is 0. The van der Waals surface area contributed by atoms with E-state index in [0.717, 1.165) is 42.1 Å². The standard InChI is InChI=1S/C21H32N2O/c1-16-9-12-22(13-10-16)14-19-8-5-11-23(15-19)21(24)20-17(2)6-4-7-18(20)3/h4,6-7,16,19H,5,8-15H2,1-3H3/t19-/m1/s1. The summed E-state index contributed by atoms with van der Waals surface area (Å²) in [6, 6.07) is 6.14. The van der Waals surface area contributed by atoms with Crippen molar-refractivity contribution in [1.29, 1.82) is 0 Å². The molecule has 0 bridgehead atoms. The van der Waals surface area contributed by atoms with Gasteiger partial charge in [-0.2, -0.15) is 0 Å². The van der Waals surface area contributed by atoms with E-state index < -0.39 is 0 Å². The van der Waals surface area contributed by atoms with Crippen molar-refractivity contribution in [2.24, 2.45) is 11.8 Å². The molecule has 0 radical (unpaired) electrons. The molecule has 0 spiro atoms. The van der Waals surface area contributed by atoms with Gasteiger partial charge in [-0.15, -0.1) is 0 Å². The van der Waals surface area contributed by atoms with Crippen LogP contribution in [0.4, 0.5) is 0 Å². The third-order valence-electron chi connectivity index (χ3n) is 5.89. The third-order valence-corrected chi connectivity index (χ3v) is 5.89. The summed E-state index contributed by atoms with van der Waals surface area (Å²) in [6.07, 6.45) is 5.07. The minimum Gasteiger partial charge on any atom is -0.338 e. The molecule has 2 aliphatic rings. The molecular weight excluding hydrogens is 296 g/mol. The molecule has 3 nitrogen and oxygen atoms in total. The summed E-state index contributed by atoms with van der Waals surface area (Å²) in [5.74, 6) is 1.76. The maximum absolute atomic E-state index is 13.0. The van der Waals surface area contributed by atoms with Crippen molar-refractivity contribution in [3.05, 3.63) is 34.9 Å². The summed E-state index contributed by atoms with van der Waals surface area (Å²) in [6.45, 7) is 12.0. The molecule has 1 aromatic rings. The number of carbonyl (C=O) groups excluding carboxylic acids is 1. The first-order valence-electron chi connectivity index (χ1n) is 9.62. The summed E-state index contributed by atoms with van der Waals surface area (Å²) in [7, 11) is 0. The second-order valence-corrected chi connectivity index (χ2v) is 8.01. The lowest BCUT2D eigenvalue weighted by molar-refractivity contribution is 0.0621. The van der Waals surface area contributed by atoms with Crippen molar-refractivity contribution in [3.8, 4) is 0 Å². The van der Waals surface area contributed by atoms with Crippen LogP contribution in [0.3, 0.4) is 0 Å². The fourth-order valence-corrected chi connectivity index (χ4v) is 4.32. The van der Waals surface area contributed by atoms with Crippen LogP contribution in [0.15, 0.2) is 18.2 Å². The lowest BCUT2D eigenvalue weighted by atomic mass is 9.93. The molecule has 2 saturated heterocycles. The highest BCUT2D eigenvalue weighted by molar-refractivity contribution is 5.97. The number of amides is 1. The molecule has 3 heteroatoms. The van der Waals surface area contributed by atoms with Crippen molar-refractivity contribution in [1.82, 2.24) is 9.80 Å². The van der Waals surface area contributed by atoms with Crippen LogP contribution in [-0.2, 0) is 0 Å². The quantitative estimate of drug-likeness (QED) is 0.840. The van der Waals surface area contributed by atoms with Gasteiger partial charge in [0.25, 0.3) is 5.91 Å². The fraction of sp³-hybridized carbons (Fsp3) is 0.667. The first kappa shape index (κ1) is 17.5. The molecule has 0 unspecified atom stereocenters. The predicted octanol–water partition coefficient (Wildman–Crippen LogP) is 3.89. The zero-order valence-corrected chi connectivity index (χ0v) is 15.6. The molecule has 3 rings (SSSR count). The molecule has 2 aliphatic heterocycles. The highest BCUT2D eigenvalue weighted by atomic mass is 16.2. The SMILES string of the molecule is Cc1cccc(C)c1C(=O)N1CCC[C@H](CN2CCC(C)CC2)C1. The molecule has 1 atom stereocenters. The zero-order valence-electron chi connectivity index (χ0n) is 15.6. The first-order chi connectivity index (χ1) is 11.5. The van der Waals surface area contributed by atoms with Crippen LogP contribution in [0.25, 0.3) is 0 Å². The monoisotopic (exact) mass is 328 g/mol. The minimum atomic E-state index is 0.238. The zero-order chi connectivity index (χ0) is 17.1. The summed E-state index contributed by atoms with van der Waals surface area (Å²) >= 11 is 0. The molecule has 0 aromatic heterocycles. The lowest BCUT2D eigenvalue weighted by Crippen LogP contribution is -2.45. The van der Waals surface area contributed by atoms with Crippen LogP contribution < -0.4 is 0 Å². The molecule has 2 fully saturated rings. The molecule has 1 amide bonds. The number of hydrogen-bond donors (Lipinski definition) is 0. The summed E-state index contributed by atoms with van der Waals surface area (Å²) < 4.78 is 0. The highest BCUT2D eigenvalue weighted by Crippen LogP contribution is 2.24. The van der Waals surface area contributed by atoms with Crippen LogP contribution in [0, 0.1) is 25.7 Å². The van der Waals surface area contributed by atoms with Gasteiger partial charge in [-0.05, 0) is 75.6 Å². The van der Waals surface area contributed by atoms with Crippen LogP contribution in [0.2, 0.25) is 0 Å². The topological polar surface area (TPSA) is 23.6 Å². The Labute approximate surface area is 147 Å². The average Bonchev–Trinajstić information content (AvgIpc) is 2.57. The van der Waals surface area contributed by atoms with E-state index in [1.54, 1.807) is 0 Å². The second kappa shape index (κ2) is 7.69. The number of piperidine rings is 2. The van der Waals surface area contributed by atoms with Crippen molar-refractivity contribution in [3.63, 3.8) is 0 Å². The fourth-order valence-electron chi connectivity index (χ4n) is 4.32. The molecule has 24 heavy (non-hydrogen) atoms. The van der Waals surface area contributed by atoms with E-state index in [1.165, 1.54) is 38.9 Å². The van der Waals surface area contributed by atoms with E-state index in [9.17, 15) is 4.79 Å². The molecule has 0 aliphatic carbocycles. The molecule has 132 valence electrons. The number of rotatable bonds is 3. The van der Waals surface area contributed by atoms with Crippen LogP contribution in [0.1, 0.15) is 54.1 Å². The van der Waals surface area contributed by atoms with Crippen molar-refractivity contribution in [2.75, 3.05) is 32.7 Å². The Morgan fingerprint density at radius 2 is 1.75 bits per heavy atom. The first-order valence-corrected chi connectivity index (χ1v) is 9.62. The average molecular weight is 329 g/mol. The largest absolute Gasteiger partial charge is 0.338 e. The van der Waals surface area contributed by atoms with Gasteiger partial charge in [0.15, 0.2) is 0 Å². The highest BCUT2D eigenvalue weighted by Gasteiger charge is 2.28. The van der Waals surface area contributed by atoms with Gasteiger partial charge in [0, 0.05) is 25.2 Å². The summed E-state index contributed by atoms with van der Waals surface area (Å²) in [5.41, 5.74) is 3.13. The van der Waals surface area contributed by atoms with E-state index in [1.807, 2.05) is 6.07 Å². The van der Waals surface area contributed by atoms with Crippen LogP contribution in [-0.4, -0.2) is 48.4 Å². The number of likely N-dealkylation sites (tertiary alicyclic amines) is 2. The van der Waals surface area contributed by atoms with Gasteiger partial charge in [-0.3, -0.25) is 4.79 Å². The molecule has 0 N–H and O–H groups in total. The Balaban J connectivity index is 1.62. The normalized spacial score (nSPS) is 23.5. The Morgan fingerprint density at radius 1 is 1.08 bits per heavy atom. The molecule has 1 aromatic carbocycles. The van der Waals surface area contributed by atoms with Gasteiger partial charge in [-0.25, -0.2) is 0 Å². The second-order valence-electron chi connectivity index (χ2n) is 8.01. The third kappa shape index (κ3) is 4.00. The van der Waals surface area contributed by atoms with Crippen LogP contribution in [0.5, 0.6) is 0 Å². The minimum absolute atomic E-state index is 0.238. The Kier molecular flexibility index (Phi) is 5.60. The van der Waals surface area contributed by atoms with Crippen molar-refractivity contribution >= 4 is 5.91 Å².